The molecule has 2 rings (SSSR count). The molecule has 1 heterocycles. The number of aliphatic carboxylic acids is 1. The SMILES string of the molecule is Cc1nc2ccccc2nc1NCCCC(C)C(=O)O. The first-order valence-electron chi connectivity index (χ1n) is 6.78. The molecule has 106 valence electrons. The second-order valence-electron chi connectivity index (χ2n) is 4.95. The van der Waals surface area contributed by atoms with Crippen LogP contribution in [0.2, 0.25) is 0 Å². The molecule has 0 saturated heterocycles. The molecule has 0 amide bonds. The molecule has 0 fully saturated rings. The second-order valence-corrected chi connectivity index (χ2v) is 4.95. The van der Waals surface area contributed by atoms with E-state index < -0.39 is 5.97 Å². The van der Waals surface area contributed by atoms with Crippen molar-refractivity contribution in [1.82, 2.24) is 9.97 Å². The zero-order valence-electron chi connectivity index (χ0n) is 11.8. The molecule has 0 aliphatic rings. The topological polar surface area (TPSA) is 75.1 Å². The van der Waals surface area contributed by atoms with E-state index in [0.717, 1.165) is 29.0 Å². The van der Waals surface area contributed by atoms with Gasteiger partial charge in [0, 0.05) is 6.54 Å². The monoisotopic (exact) mass is 273 g/mol. The summed E-state index contributed by atoms with van der Waals surface area (Å²) in [5, 5.41) is 12.1. The maximum atomic E-state index is 10.7. The lowest BCUT2D eigenvalue weighted by Gasteiger charge is -2.10. The summed E-state index contributed by atoms with van der Waals surface area (Å²) in [6.45, 7) is 4.34. The van der Waals surface area contributed by atoms with Crippen molar-refractivity contribution >= 4 is 22.8 Å². The summed E-state index contributed by atoms with van der Waals surface area (Å²) >= 11 is 0. The minimum Gasteiger partial charge on any atom is -0.481 e. The van der Waals surface area contributed by atoms with E-state index in [2.05, 4.69) is 15.3 Å². The fraction of sp³-hybridized carbons (Fsp3) is 0.400. The Morgan fingerprint density at radius 1 is 1.30 bits per heavy atom. The first kappa shape index (κ1) is 14.2. The highest BCUT2D eigenvalue weighted by molar-refractivity contribution is 5.76. The van der Waals surface area contributed by atoms with Gasteiger partial charge in [0.15, 0.2) is 0 Å². The highest BCUT2D eigenvalue weighted by Crippen LogP contribution is 2.16. The van der Waals surface area contributed by atoms with Crippen molar-refractivity contribution in [3.05, 3.63) is 30.0 Å². The van der Waals surface area contributed by atoms with E-state index in [1.165, 1.54) is 0 Å². The first-order valence-corrected chi connectivity index (χ1v) is 6.78. The molecule has 0 radical (unpaired) electrons. The molecule has 2 aromatic rings. The molecule has 0 aliphatic heterocycles. The van der Waals surface area contributed by atoms with Crippen LogP contribution >= 0.6 is 0 Å². The second kappa shape index (κ2) is 6.32. The minimum absolute atomic E-state index is 0.305. The molecule has 20 heavy (non-hydrogen) atoms. The van der Waals surface area contributed by atoms with E-state index in [4.69, 9.17) is 5.11 Å². The third-order valence-electron chi connectivity index (χ3n) is 3.27. The van der Waals surface area contributed by atoms with E-state index >= 15 is 0 Å². The number of aromatic nitrogens is 2. The van der Waals surface area contributed by atoms with Crippen molar-refractivity contribution in [2.45, 2.75) is 26.7 Å². The van der Waals surface area contributed by atoms with Gasteiger partial charge in [0.2, 0.25) is 0 Å². The van der Waals surface area contributed by atoms with Crippen molar-refractivity contribution in [3.63, 3.8) is 0 Å². The van der Waals surface area contributed by atoms with Gasteiger partial charge in [-0.2, -0.15) is 0 Å². The van der Waals surface area contributed by atoms with Gasteiger partial charge < -0.3 is 10.4 Å². The van der Waals surface area contributed by atoms with E-state index in [0.29, 0.717) is 13.0 Å². The lowest BCUT2D eigenvalue weighted by Crippen LogP contribution is -2.12. The van der Waals surface area contributed by atoms with Crippen LogP contribution in [-0.2, 0) is 4.79 Å². The Hall–Kier alpha value is -2.17. The summed E-state index contributed by atoms with van der Waals surface area (Å²) in [5.41, 5.74) is 2.60. The van der Waals surface area contributed by atoms with Crippen LogP contribution in [-0.4, -0.2) is 27.6 Å². The Kier molecular flexibility index (Phi) is 4.50. The highest BCUT2D eigenvalue weighted by atomic mass is 16.4. The van der Waals surface area contributed by atoms with Crippen molar-refractivity contribution in [3.8, 4) is 0 Å². The number of hydrogen-bond donors (Lipinski definition) is 2. The van der Waals surface area contributed by atoms with Gasteiger partial charge in [0.05, 0.1) is 22.6 Å². The van der Waals surface area contributed by atoms with Crippen LogP contribution < -0.4 is 5.32 Å². The maximum absolute atomic E-state index is 10.7. The Bertz CT molecular complexity index is 613. The number of carbonyl (C=O) groups is 1. The normalized spacial score (nSPS) is 12.3. The Labute approximate surface area is 118 Å². The average molecular weight is 273 g/mol. The van der Waals surface area contributed by atoms with Gasteiger partial charge in [0.25, 0.3) is 0 Å². The molecule has 1 unspecified atom stereocenters. The molecular formula is C15H19N3O2. The van der Waals surface area contributed by atoms with Crippen molar-refractivity contribution in [2.75, 3.05) is 11.9 Å². The third-order valence-corrected chi connectivity index (χ3v) is 3.27. The van der Waals surface area contributed by atoms with Gasteiger partial charge in [0.1, 0.15) is 5.82 Å². The van der Waals surface area contributed by atoms with Crippen LogP contribution in [0.4, 0.5) is 5.82 Å². The fourth-order valence-corrected chi connectivity index (χ4v) is 1.99. The lowest BCUT2D eigenvalue weighted by atomic mass is 10.1. The zero-order valence-corrected chi connectivity index (χ0v) is 11.8. The van der Waals surface area contributed by atoms with Crippen LogP contribution in [0, 0.1) is 12.8 Å². The lowest BCUT2D eigenvalue weighted by molar-refractivity contribution is -0.141. The van der Waals surface area contributed by atoms with Crippen LogP contribution in [0.15, 0.2) is 24.3 Å². The summed E-state index contributed by atoms with van der Waals surface area (Å²) in [6.07, 6.45) is 1.45. The molecular weight excluding hydrogens is 254 g/mol. The predicted molar refractivity (Wildman–Crippen MR) is 78.8 cm³/mol. The summed E-state index contributed by atoms with van der Waals surface area (Å²) in [5.74, 6) is -0.279. The van der Waals surface area contributed by atoms with Crippen LogP contribution in [0.25, 0.3) is 11.0 Å². The number of fused-ring (bicyclic) bond motifs is 1. The van der Waals surface area contributed by atoms with Gasteiger partial charge in [-0.05, 0) is 31.9 Å². The predicted octanol–water partition coefficient (Wildman–Crippen LogP) is 2.85. The van der Waals surface area contributed by atoms with Crippen LogP contribution in [0.5, 0.6) is 0 Å². The van der Waals surface area contributed by atoms with Crippen LogP contribution in [0.1, 0.15) is 25.5 Å². The minimum atomic E-state index is -0.744. The number of hydrogen-bond acceptors (Lipinski definition) is 4. The number of nitrogens with zero attached hydrogens (tertiary/aromatic N) is 2. The van der Waals surface area contributed by atoms with Gasteiger partial charge in [-0.25, -0.2) is 9.97 Å². The number of carboxylic acid groups (broad SMARTS) is 1. The zero-order chi connectivity index (χ0) is 14.5. The summed E-state index contributed by atoms with van der Waals surface area (Å²) in [4.78, 5) is 19.8. The van der Waals surface area contributed by atoms with E-state index in [9.17, 15) is 4.79 Å². The molecule has 1 aromatic carbocycles. The number of benzene rings is 1. The number of aryl methyl sites for hydroxylation is 1. The van der Waals surface area contributed by atoms with E-state index in [-0.39, 0.29) is 5.92 Å². The summed E-state index contributed by atoms with van der Waals surface area (Å²) < 4.78 is 0. The molecule has 5 nitrogen and oxygen atoms in total. The van der Waals surface area contributed by atoms with Gasteiger partial charge in [-0.15, -0.1) is 0 Å². The number of nitrogens with one attached hydrogen (secondary N) is 1. The van der Waals surface area contributed by atoms with Crippen molar-refractivity contribution < 1.29 is 9.90 Å². The number of para-hydroxylation sites is 2. The Balaban J connectivity index is 1.96. The van der Waals surface area contributed by atoms with Gasteiger partial charge in [-0.3, -0.25) is 4.79 Å². The maximum Gasteiger partial charge on any atom is 0.306 e. The van der Waals surface area contributed by atoms with Crippen molar-refractivity contribution in [2.24, 2.45) is 5.92 Å². The van der Waals surface area contributed by atoms with Gasteiger partial charge in [-0.1, -0.05) is 19.1 Å². The fourth-order valence-electron chi connectivity index (χ4n) is 1.99. The molecule has 2 N–H and O–H groups in total. The first-order chi connectivity index (χ1) is 9.58. The number of carboxylic acids is 1. The molecule has 0 saturated carbocycles. The number of rotatable bonds is 6. The third kappa shape index (κ3) is 3.44. The Morgan fingerprint density at radius 2 is 1.95 bits per heavy atom. The average Bonchev–Trinajstić information content (AvgIpc) is 2.43. The van der Waals surface area contributed by atoms with E-state index in [1.54, 1.807) is 6.92 Å². The molecule has 0 aliphatic carbocycles. The van der Waals surface area contributed by atoms with Crippen molar-refractivity contribution in [1.29, 1.82) is 0 Å². The van der Waals surface area contributed by atoms with Gasteiger partial charge >= 0.3 is 5.97 Å². The number of anilines is 1. The quantitative estimate of drug-likeness (QED) is 0.791. The van der Waals surface area contributed by atoms with E-state index in [1.807, 2.05) is 31.2 Å². The summed E-state index contributed by atoms with van der Waals surface area (Å²) in [7, 11) is 0. The molecule has 1 aromatic heterocycles. The largest absolute Gasteiger partial charge is 0.481 e. The smallest absolute Gasteiger partial charge is 0.306 e. The Morgan fingerprint density at radius 3 is 2.60 bits per heavy atom. The molecule has 0 spiro atoms. The standard InChI is InChI=1S/C15H19N3O2/c1-10(15(19)20)6-5-9-16-14-11(2)17-12-7-3-4-8-13(12)18-14/h3-4,7-8,10H,5-6,9H2,1-2H3,(H,16,18)(H,19,20). The molecule has 5 heteroatoms. The highest BCUT2D eigenvalue weighted by Gasteiger charge is 2.10. The molecule has 0 bridgehead atoms. The molecule has 1 atom stereocenters. The van der Waals surface area contributed by atoms with Crippen LogP contribution in [0.3, 0.4) is 0 Å². The summed E-state index contributed by atoms with van der Waals surface area (Å²) in [6, 6.07) is 7.74.